The van der Waals surface area contributed by atoms with Gasteiger partial charge in [-0.2, -0.15) is 0 Å². The molecule has 3 aromatic rings. The number of H-pyrrole nitrogens is 1. The lowest BCUT2D eigenvalue weighted by Gasteiger charge is -2.08. The summed E-state index contributed by atoms with van der Waals surface area (Å²) < 4.78 is 5.05. The van der Waals surface area contributed by atoms with E-state index in [4.69, 9.17) is 4.74 Å². The van der Waals surface area contributed by atoms with E-state index in [1.165, 1.54) is 0 Å². The Morgan fingerprint density at radius 3 is 2.32 bits per heavy atom. The van der Waals surface area contributed by atoms with Gasteiger partial charge >= 0.3 is 0 Å². The predicted octanol–water partition coefficient (Wildman–Crippen LogP) is 1.73. The first kappa shape index (κ1) is 16.5. The highest BCUT2D eigenvalue weighted by molar-refractivity contribution is 5.97. The van der Waals surface area contributed by atoms with Crippen LogP contribution in [0.5, 0.6) is 5.75 Å². The zero-order valence-corrected chi connectivity index (χ0v) is 13.7. The van der Waals surface area contributed by atoms with Crippen LogP contribution in [0.4, 0.5) is 0 Å². The maximum atomic E-state index is 12.1. The second-order valence-electron chi connectivity index (χ2n) is 5.37. The van der Waals surface area contributed by atoms with Crippen molar-refractivity contribution >= 4 is 22.8 Å². The smallest absolute Gasteiger partial charge is 0.251 e. The number of carbonyl (C=O) groups is 2. The number of methoxy groups -OCH3 is 1. The van der Waals surface area contributed by atoms with Crippen LogP contribution >= 0.6 is 0 Å². The Bertz CT molecular complexity index is 887. The Kier molecular flexibility index (Phi) is 4.94. The Labute approximate surface area is 144 Å². The molecule has 25 heavy (non-hydrogen) atoms. The van der Waals surface area contributed by atoms with Crippen LogP contribution in [-0.4, -0.2) is 42.0 Å². The number of nitrogens with one attached hydrogen (secondary N) is 3. The van der Waals surface area contributed by atoms with Gasteiger partial charge in [0.1, 0.15) is 5.75 Å². The van der Waals surface area contributed by atoms with Gasteiger partial charge in [0, 0.05) is 24.2 Å². The first-order chi connectivity index (χ1) is 12.2. The summed E-state index contributed by atoms with van der Waals surface area (Å²) in [5, 5.41) is 5.53. The minimum Gasteiger partial charge on any atom is -0.497 e. The minimum absolute atomic E-state index is 0.198. The van der Waals surface area contributed by atoms with E-state index in [9.17, 15) is 9.59 Å². The number of hydrogen-bond donors (Lipinski definition) is 3. The van der Waals surface area contributed by atoms with E-state index in [1.807, 2.05) is 0 Å². The van der Waals surface area contributed by atoms with Crippen LogP contribution in [-0.2, 0) is 0 Å². The molecule has 2 amide bonds. The number of imidazole rings is 1. The summed E-state index contributed by atoms with van der Waals surface area (Å²) in [6.07, 6.45) is 1.58. The highest BCUT2D eigenvalue weighted by Crippen LogP contribution is 2.12. The number of nitrogens with zero attached hydrogens (tertiary/aromatic N) is 1. The maximum Gasteiger partial charge on any atom is 0.251 e. The molecule has 0 aliphatic carbocycles. The van der Waals surface area contributed by atoms with Crippen LogP contribution in [0.25, 0.3) is 11.0 Å². The van der Waals surface area contributed by atoms with Crippen molar-refractivity contribution in [3.8, 4) is 5.75 Å². The Morgan fingerprint density at radius 1 is 1.00 bits per heavy atom. The number of fused-ring (bicyclic) bond motifs is 1. The Hall–Kier alpha value is -3.35. The third-order valence-corrected chi connectivity index (χ3v) is 3.73. The summed E-state index contributed by atoms with van der Waals surface area (Å²) in [5.74, 6) is 0.295. The van der Waals surface area contributed by atoms with Crippen LogP contribution in [0.3, 0.4) is 0 Å². The number of ether oxygens (including phenoxy) is 1. The molecule has 0 saturated carbocycles. The fourth-order valence-electron chi connectivity index (χ4n) is 2.38. The molecule has 7 nitrogen and oxygen atoms in total. The van der Waals surface area contributed by atoms with E-state index in [1.54, 1.807) is 55.9 Å². The fourth-order valence-corrected chi connectivity index (χ4v) is 2.38. The van der Waals surface area contributed by atoms with Crippen LogP contribution in [0.15, 0.2) is 48.8 Å². The van der Waals surface area contributed by atoms with Gasteiger partial charge in [-0.25, -0.2) is 4.98 Å². The molecule has 0 saturated heterocycles. The van der Waals surface area contributed by atoms with E-state index in [0.717, 1.165) is 11.0 Å². The average molecular weight is 338 g/mol. The van der Waals surface area contributed by atoms with Crippen LogP contribution < -0.4 is 15.4 Å². The number of aromatic amines is 1. The molecular weight excluding hydrogens is 320 g/mol. The molecule has 7 heteroatoms. The minimum atomic E-state index is -0.199. The Balaban J connectivity index is 1.47. The van der Waals surface area contributed by atoms with Crippen LogP contribution in [0, 0.1) is 0 Å². The summed E-state index contributed by atoms with van der Waals surface area (Å²) in [7, 11) is 1.57. The summed E-state index contributed by atoms with van der Waals surface area (Å²) in [6.45, 7) is 0.671. The van der Waals surface area contributed by atoms with Gasteiger partial charge in [0.2, 0.25) is 0 Å². The van der Waals surface area contributed by atoms with Gasteiger partial charge in [-0.05, 0) is 42.5 Å². The van der Waals surface area contributed by atoms with E-state index in [2.05, 4.69) is 20.6 Å². The van der Waals surface area contributed by atoms with Crippen molar-refractivity contribution in [3.05, 3.63) is 59.9 Å². The third-order valence-electron chi connectivity index (χ3n) is 3.73. The molecule has 0 aliphatic heterocycles. The molecule has 1 aromatic heterocycles. The second kappa shape index (κ2) is 7.48. The molecular formula is C18H18N4O3. The lowest BCUT2D eigenvalue weighted by atomic mass is 10.2. The SMILES string of the molecule is COc1ccc(C(=O)NCCNC(=O)c2ccc3nc[nH]c3c2)cc1. The lowest BCUT2D eigenvalue weighted by Crippen LogP contribution is -2.34. The topological polar surface area (TPSA) is 96.1 Å². The summed E-state index contributed by atoms with van der Waals surface area (Å²) >= 11 is 0. The van der Waals surface area contributed by atoms with Gasteiger partial charge < -0.3 is 20.4 Å². The monoisotopic (exact) mass is 338 g/mol. The molecule has 0 aliphatic rings. The standard InChI is InChI=1S/C18H18N4O3/c1-25-14-5-2-12(3-6-14)17(23)19-8-9-20-18(24)13-4-7-15-16(10-13)22-11-21-15/h2-7,10-11H,8-9H2,1H3,(H,19,23)(H,20,24)(H,21,22). The first-order valence-electron chi connectivity index (χ1n) is 7.81. The molecule has 0 atom stereocenters. The van der Waals surface area contributed by atoms with Gasteiger partial charge in [-0.3, -0.25) is 9.59 Å². The first-order valence-corrected chi connectivity index (χ1v) is 7.81. The highest BCUT2D eigenvalue weighted by Gasteiger charge is 2.08. The highest BCUT2D eigenvalue weighted by atomic mass is 16.5. The van der Waals surface area contributed by atoms with E-state index in [-0.39, 0.29) is 11.8 Å². The molecule has 0 spiro atoms. The number of amides is 2. The molecule has 2 aromatic carbocycles. The normalized spacial score (nSPS) is 10.4. The predicted molar refractivity (Wildman–Crippen MR) is 93.8 cm³/mol. The van der Waals surface area contributed by atoms with Crippen molar-refractivity contribution in [1.82, 2.24) is 20.6 Å². The summed E-state index contributed by atoms with van der Waals surface area (Å²) in [4.78, 5) is 31.2. The van der Waals surface area contributed by atoms with Gasteiger partial charge in [0.25, 0.3) is 11.8 Å². The number of benzene rings is 2. The van der Waals surface area contributed by atoms with Gasteiger partial charge in [0.15, 0.2) is 0 Å². The zero-order chi connectivity index (χ0) is 17.6. The molecule has 3 rings (SSSR count). The fraction of sp³-hybridized carbons (Fsp3) is 0.167. The zero-order valence-electron chi connectivity index (χ0n) is 13.7. The van der Waals surface area contributed by atoms with Crippen molar-refractivity contribution in [1.29, 1.82) is 0 Å². The lowest BCUT2D eigenvalue weighted by molar-refractivity contribution is 0.0927. The Morgan fingerprint density at radius 2 is 1.64 bits per heavy atom. The molecule has 0 fully saturated rings. The summed E-state index contributed by atoms with van der Waals surface area (Å²) in [5.41, 5.74) is 2.69. The molecule has 0 radical (unpaired) electrons. The largest absolute Gasteiger partial charge is 0.497 e. The van der Waals surface area contributed by atoms with Crippen molar-refractivity contribution in [2.24, 2.45) is 0 Å². The molecule has 1 heterocycles. The van der Waals surface area contributed by atoms with Crippen LogP contribution in [0.1, 0.15) is 20.7 Å². The van der Waals surface area contributed by atoms with Gasteiger partial charge in [0.05, 0.1) is 24.5 Å². The third kappa shape index (κ3) is 3.95. The number of hydrogen-bond acceptors (Lipinski definition) is 4. The number of carbonyl (C=O) groups excluding carboxylic acids is 2. The van der Waals surface area contributed by atoms with Crippen molar-refractivity contribution in [2.75, 3.05) is 20.2 Å². The van der Waals surface area contributed by atoms with Gasteiger partial charge in [-0.15, -0.1) is 0 Å². The van der Waals surface area contributed by atoms with Crippen molar-refractivity contribution in [3.63, 3.8) is 0 Å². The van der Waals surface area contributed by atoms with Crippen LogP contribution in [0.2, 0.25) is 0 Å². The van der Waals surface area contributed by atoms with E-state index in [0.29, 0.717) is 30.0 Å². The maximum absolute atomic E-state index is 12.1. The van der Waals surface area contributed by atoms with Crippen molar-refractivity contribution < 1.29 is 14.3 Å². The molecule has 128 valence electrons. The average Bonchev–Trinajstić information content (AvgIpc) is 3.12. The second-order valence-corrected chi connectivity index (χ2v) is 5.37. The van der Waals surface area contributed by atoms with Gasteiger partial charge in [-0.1, -0.05) is 0 Å². The quantitative estimate of drug-likeness (QED) is 0.596. The molecule has 0 bridgehead atoms. The molecule has 3 N–H and O–H groups in total. The number of aromatic nitrogens is 2. The molecule has 0 unspecified atom stereocenters. The number of rotatable bonds is 6. The van der Waals surface area contributed by atoms with E-state index < -0.39 is 0 Å². The summed E-state index contributed by atoms with van der Waals surface area (Å²) in [6, 6.07) is 12.1. The van der Waals surface area contributed by atoms with Crippen molar-refractivity contribution in [2.45, 2.75) is 0 Å². The van der Waals surface area contributed by atoms with E-state index >= 15 is 0 Å².